The van der Waals surface area contributed by atoms with Gasteiger partial charge in [-0.15, -0.1) is 0 Å². The highest BCUT2D eigenvalue weighted by Gasteiger charge is 2.29. The minimum atomic E-state index is -3.52. The molecule has 23 heavy (non-hydrogen) atoms. The van der Waals surface area contributed by atoms with E-state index in [0.717, 1.165) is 15.6 Å². The maximum Gasteiger partial charge on any atom is 0.218 e. The topological polar surface area (TPSA) is 54.5 Å². The molecule has 1 aliphatic rings. The van der Waals surface area contributed by atoms with Gasteiger partial charge < -0.3 is 0 Å². The lowest BCUT2D eigenvalue weighted by Crippen LogP contribution is -2.36. The van der Waals surface area contributed by atoms with Gasteiger partial charge >= 0.3 is 0 Å². The summed E-state index contributed by atoms with van der Waals surface area (Å²) < 4.78 is 27.5. The van der Waals surface area contributed by atoms with Crippen molar-refractivity contribution in [2.45, 2.75) is 12.2 Å². The predicted octanol–water partition coefficient (Wildman–Crippen LogP) is 3.02. The Morgan fingerprint density at radius 1 is 1.09 bits per heavy atom. The Bertz CT molecular complexity index is 834. The number of nitrogens with zero attached hydrogens (tertiary/aromatic N) is 1. The molecule has 2 aromatic carbocycles. The molecule has 1 aliphatic heterocycles. The van der Waals surface area contributed by atoms with E-state index in [9.17, 15) is 13.2 Å². The third kappa shape index (κ3) is 3.71. The fourth-order valence-electron chi connectivity index (χ4n) is 2.72. The van der Waals surface area contributed by atoms with Crippen molar-refractivity contribution in [3.05, 3.63) is 69.7 Å². The number of sulfonamides is 1. The fraction of sp³-hybridized carbons (Fsp3) is 0.235. The normalized spacial score (nSPS) is 16.0. The highest BCUT2D eigenvalue weighted by Crippen LogP contribution is 2.23. The number of rotatable bonds is 3. The van der Waals surface area contributed by atoms with E-state index in [4.69, 9.17) is 0 Å². The van der Waals surface area contributed by atoms with Gasteiger partial charge in [0.1, 0.15) is 0 Å². The standard InChI is InChI=1S/C17H16BrNO3S/c18-15-6-7-16-14(10-15)8-9-19(11-17(16)20)23(21,22)12-13-4-2-1-3-5-13/h1-7,10H,8-9,11-12H2. The Balaban J connectivity index is 1.84. The van der Waals surface area contributed by atoms with Crippen LogP contribution in [0.15, 0.2) is 53.0 Å². The van der Waals surface area contributed by atoms with Crippen LogP contribution < -0.4 is 0 Å². The first-order valence-electron chi connectivity index (χ1n) is 7.29. The molecule has 4 nitrogen and oxygen atoms in total. The smallest absolute Gasteiger partial charge is 0.218 e. The van der Waals surface area contributed by atoms with Gasteiger partial charge in [-0.2, -0.15) is 4.31 Å². The lowest BCUT2D eigenvalue weighted by molar-refractivity contribution is 0.0971. The van der Waals surface area contributed by atoms with E-state index in [1.54, 1.807) is 18.2 Å². The number of benzene rings is 2. The molecule has 6 heteroatoms. The van der Waals surface area contributed by atoms with Gasteiger partial charge in [0, 0.05) is 16.6 Å². The first-order chi connectivity index (χ1) is 11.0. The number of ketones is 1. The van der Waals surface area contributed by atoms with Crippen LogP contribution in [0.5, 0.6) is 0 Å². The molecule has 0 aromatic heterocycles. The molecule has 0 saturated heterocycles. The van der Waals surface area contributed by atoms with Crippen LogP contribution in [0.4, 0.5) is 0 Å². The number of carbonyl (C=O) groups is 1. The molecule has 0 aliphatic carbocycles. The SMILES string of the molecule is O=C1CN(S(=O)(=O)Cc2ccccc2)CCc2cc(Br)ccc21. The quantitative estimate of drug-likeness (QED) is 0.804. The van der Waals surface area contributed by atoms with E-state index >= 15 is 0 Å². The van der Waals surface area contributed by atoms with Gasteiger partial charge in [-0.1, -0.05) is 46.3 Å². The van der Waals surface area contributed by atoms with Crippen LogP contribution in [0, 0.1) is 0 Å². The van der Waals surface area contributed by atoms with E-state index in [1.807, 2.05) is 30.3 Å². The zero-order valence-corrected chi connectivity index (χ0v) is 14.8. The Morgan fingerprint density at radius 2 is 1.83 bits per heavy atom. The van der Waals surface area contributed by atoms with Crippen molar-refractivity contribution in [1.82, 2.24) is 4.31 Å². The molecule has 0 fully saturated rings. The van der Waals surface area contributed by atoms with Crippen molar-refractivity contribution in [2.24, 2.45) is 0 Å². The average molecular weight is 394 g/mol. The summed E-state index contributed by atoms with van der Waals surface area (Å²) in [4.78, 5) is 12.4. The molecule has 120 valence electrons. The van der Waals surface area contributed by atoms with Crippen molar-refractivity contribution in [3.8, 4) is 0 Å². The monoisotopic (exact) mass is 393 g/mol. The summed E-state index contributed by atoms with van der Waals surface area (Å²) in [5.74, 6) is -0.233. The number of hydrogen-bond acceptors (Lipinski definition) is 3. The van der Waals surface area contributed by atoms with Crippen molar-refractivity contribution in [3.63, 3.8) is 0 Å². The Hall–Kier alpha value is -1.50. The highest BCUT2D eigenvalue weighted by molar-refractivity contribution is 9.10. The van der Waals surface area contributed by atoms with Gasteiger partial charge in [0.15, 0.2) is 5.78 Å². The van der Waals surface area contributed by atoms with E-state index < -0.39 is 10.0 Å². The second-order valence-corrected chi connectivity index (χ2v) is 8.43. The van der Waals surface area contributed by atoms with Gasteiger partial charge in [0.25, 0.3) is 0 Å². The summed E-state index contributed by atoms with van der Waals surface area (Å²) >= 11 is 3.39. The van der Waals surface area contributed by atoms with Crippen molar-refractivity contribution < 1.29 is 13.2 Å². The molecule has 0 radical (unpaired) electrons. The van der Waals surface area contributed by atoms with E-state index in [-0.39, 0.29) is 18.1 Å². The maximum atomic E-state index is 12.6. The van der Waals surface area contributed by atoms with Crippen molar-refractivity contribution in [1.29, 1.82) is 0 Å². The molecule has 0 spiro atoms. The molecule has 0 bridgehead atoms. The third-order valence-corrected chi connectivity index (χ3v) is 6.19. The zero-order chi connectivity index (χ0) is 16.4. The summed E-state index contributed by atoms with van der Waals surface area (Å²) in [6, 6.07) is 14.5. The lowest BCUT2D eigenvalue weighted by Gasteiger charge is -2.19. The summed E-state index contributed by atoms with van der Waals surface area (Å²) in [5.41, 5.74) is 2.23. The number of Topliss-reactive ketones (excluding diaryl/α,β-unsaturated/α-hetero) is 1. The summed E-state index contributed by atoms with van der Waals surface area (Å²) in [6.45, 7) is 0.230. The highest BCUT2D eigenvalue weighted by atomic mass is 79.9. The van der Waals surface area contributed by atoms with Crippen LogP contribution >= 0.6 is 15.9 Å². The van der Waals surface area contributed by atoms with Crippen molar-refractivity contribution in [2.75, 3.05) is 13.1 Å². The summed E-state index contributed by atoms with van der Waals surface area (Å²) in [5, 5.41) is 0. The Morgan fingerprint density at radius 3 is 2.57 bits per heavy atom. The Labute approximate surface area is 144 Å². The van der Waals surface area contributed by atoms with Gasteiger partial charge in [-0.3, -0.25) is 4.79 Å². The lowest BCUT2D eigenvalue weighted by atomic mass is 10.0. The van der Waals surface area contributed by atoms with Gasteiger partial charge in [-0.25, -0.2) is 8.42 Å². The van der Waals surface area contributed by atoms with E-state index in [1.165, 1.54) is 4.31 Å². The molecule has 3 rings (SSSR count). The van der Waals surface area contributed by atoms with Crippen molar-refractivity contribution >= 4 is 31.7 Å². The minimum Gasteiger partial charge on any atom is -0.293 e. The zero-order valence-electron chi connectivity index (χ0n) is 12.4. The molecule has 2 aromatic rings. The van der Waals surface area contributed by atoms with Crippen LogP contribution in [0.1, 0.15) is 21.5 Å². The molecule has 0 amide bonds. The molecule has 0 unspecified atom stereocenters. The predicted molar refractivity (Wildman–Crippen MR) is 92.8 cm³/mol. The van der Waals surface area contributed by atoms with E-state index in [0.29, 0.717) is 18.5 Å². The van der Waals surface area contributed by atoms with Crippen LogP contribution in [0.25, 0.3) is 0 Å². The number of fused-ring (bicyclic) bond motifs is 1. The minimum absolute atomic E-state index is 0.0822. The van der Waals surface area contributed by atoms with Crippen LogP contribution in [0.2, 0.25) is 0 Å². The van der Waals surface area contributed by atoms with Crippen LogP contribution in [-0.2, 0) is 22.2 Å². The largest absolute Gasteiger partial charge is 0.293 e. The number of carbonyl (C=O) groups excluding carboxylic acids is 1. The van der Waals surface area contributed by atoms with Gasteiger partial charge in [-0.05, 0) is 35.7 Å². The molecular weight excluding hydrogens is 378 g/mol. The second-order valence-electron chi connectivity index (χ2n) is 5.55. The second kappa shape index (κ2) is 6.55. The van der Waals surface area contributed by atoms with Gasteiger partial charge in [0.2, 0.25) is 10.0 Å². The molecule has 1 heterocycles. The first kappa shape index (κ1) is 16.4. The number of hydrogen-bond donors (Lipinski definition) is 0. The molecular formula is C17H16BrNO3S. The van der Waals surface area contributed by atoms with Gasteiger partial charge in [0.05, 0.1) is 12.3 Å². The maximum absolute atomic E-state index is 12.6. The Kier molecular flexibility index (Phi) is 4.66. The molecule has 0 N–H and O–H groups in total. The average Bonchev–Trinajstić information content (AvgIpc) is 2.67. The fourth-order valence-corrected chi connectivity index (χ4v) is 4.61. The van der Waals surface area contributed by atoms with Crippen LogP contribution in [-0.4, -0.2) is 31.6 Å². The molecule has 0 atom stereocenters. The van der Waals surface area contributed by atoms with Crippen LogP contribution in [0.3, 0.4) is 0 Å². The molecule has 0 saturated carbocycles. The summed E-state index contributed by atoms with van der Waals surface area (Å²) in [7, 11) is -3.52. The van der Waals surface area contributed by atoms with E-state index in [2.05, 4.69) is 15.9 Å². The third-order valence-electron chi connectivity index (χ3n) is 3.90. The first-order valence-corrected chi connectivity index (χ1v) is 9.69. The number of halogens is 1. The summed E-state index contributed by atoms with van der Waals surface area (Å²) in [6.07, 6.45) is 0.536.